The molecular weight excluding hydrogens is 673 g/mol. The number of aliphatic hydroxyl groups is 2. The molecule has 0 bridgehead atoms. The Bertz CT molecular complexity index is 2130. The number of aromatic nitrogens is 2. The largest absolute Gasteiger partial charge is 0.416 e. The molecule has 0 saturated carbocycles. The predicted octanol–water partition coefficient (Wildman–Crippen LogP) is 7.53. The van der Waals surface area contributed by atoms with E-state index in [1.165, 1.54) is 46.9 Å². The molecule has 0 aliphatic rings. The number of hydrogen-bond donors (Lipinski definition) is 3. The molecule has 1 aromatic heterocycles. The van der Waals surface area contributed by atoms with Crippen molar-refractivity contribution in [1.82, 2.24) is 15.0 Å². The van der Waals surface area contributed by atoms with Crippen LogP contribution in [0.5, 0.6) is 0 Å². The summed E-state index contributed by atoms with van der Waals surface area (Å²) in [4.78, 5) is 31.7. The second-order valence-corrected chi connectivity index (χ2v) is 12.2. The van der Waals surface area contributed by atoms with Gasteiger partial charge in [0.05, 0.1) is 18.5 Å². The Morgan fingerprint density at radius 3 is 1.90 bits per heavy atom. The Morgan fingerprint density at radius 1 is 0.750 bits per heavy atom. The number of nitrogens with zero attached hydrogens (tertiary/aromatic N) is 3. The molecule has 0 saturated heterocycles. The summed E-state index contributed by atoms with van der Waals surface area (Å²) in [7, 11) is 0. The first kappa shape index (κ1) is 35.7. The van der Waals surface area contributed by atoms with Gasteiger partial charge in [0.2, 0.25) is 11.7 Å². The van der Waals surface area contributed by atoms with Gasteiger partial charge in [-0.15, -0.1) is 0 Å². The van der Waals surface area contributed by atoms with Crippen LogP contribution in [0.4, 0.5) is 18.9 Å². The first-order chi connectivity index (χ1) is 24.9. The summed E-state index contributed by atoms with van der Waals surface area (Å²) in [5.74, 6) is -0.171. The molecule has 0 spiro atoms. The molecule has 12 heteroatoms. The van der Waals surface area contributed by atoms with Crippen molar-refractivity contribution >= 4 is 17.5 Å². The van der Waals surface area contributed by atoms with Crippen LogP contribution in [-0.2, 0) is 23.9 Å². The van der Waals surface area contributed by atoms with Gasteiger partial charge in [0.25, 0.3) is 11.8 Å². The van der Waals surface area contributed by atoms with Crippen molar-refractivity contribution in [3.8, 4) is 34.0 Å². The van der Waals surface area contributed by atoms with Gasteiger partial charge in [-0.3, -0.25) is 9.59 Å². The third kappa shape index (κ3) is 8.97. The van der Waals surface area contributed by atoms with Gasteiger partial charge in [0, 0.05) is 28.9 Å². The molecule has 0 atom stereocenters. The van der Waals surface area contributed by atoms with Gasteiger partial charge in [-0.25, -0.2) is 0 Å². The van der Waals surface area contributed by atoms with Gasteiger partial charge < -0.3 is 25.0 Å². The molecule has 0 aliphatic heterocycles. The van der Waals surface area contributed by atoms with E-state index in [2.05, 4.69) is 39.7 Å². The summed E-state index contributed by atoms with van der Waals surface area (Å²) in [6.07, 6.45) is -6.39. The molecule has 264 valence electrons. The quantitative estimate of drug-likeness (QED) is 0.119. The Kier molecular flexibility index (Phi) is 10.6. The van der Waals surface area contributed by atoms with Crippen molar-refractivity contribution in [2.45, 2.75) is 32.4 Å². The average Bonchev–Trinajstić information content (AvgIpc) is 3.62. The molecule has 6 aromatic rings. The molecule has 5 aromatic carbocycles. The molecular formula is C40H33F3N4O5. The van der Waals surface area contributed by atoms with Crippen LogP contribution in [-0.4, -0.2) is 49.9 Å². The number of aliphatic hydroxyl groups excluding tert-OH is 1. The van der Waals surface area contributed by atoms with Gasteiger partial charge in [0.15, 0.2) is 6.29 Å². The van der Waals surface area contributed by atoms with E-state index >= 15 is 0 Å². The third-order valence-electron chi connectivity index (χ3n) is 8.26. The number of anilines is 1. The van der Waals surface area contributed by atoms with Crippen LogP contribution in [0.15, 0.2) is 126 Å². The molecule has 9 nitrogen and oxygen atoms in total. The van der Waals surface area contributed by atoms with E-state index in [1.807, 2.05) is 31.2 Å². The number of nitrogens with one attached hydrogen (secondary N) is 1. The minimum absolute atomic E-state index is 0.0627. The second kappa shape index (κ2) is 15.4. The Hall–Kier alpha value is -6.11. The molecule has 1 heterocycles. The summed E-state index contributed by atoms with van der Waals surface area (Å²) >= 11 is 0. The highest BCUT2D eigenvalue weighted by Gasteiger charge is 2.30. The van der Waals surface area contributed by atoms with Crippen molar-refractivity contribution in [3.63, 3.8) is 0 Å². The highest BCUT2D eigenvalue weighted by Crippen LogP contribution is 2.30. The number of carbonyl (C=O) groups excluding carboxylic acids is 2. The number of amides is 2. The maximum Gasteiger partial charge on any atom is 0.416 e. The summed E-state index contributed by atoms with van der Waals surface area (Å²) < 4.78 is 44.0. The zero-order valence-corrected chi connectivity index (χ0v) is 27.8. The number of halogens is 3. The Labute approximate surface area is 297 Å². The molecule has 6 rings (SSSR count). The number of aryl methyl sites for hydroxylation is 1. The van der Waals surface area contributed by atoms with Gasteiger partial charge >= 0.3 is 6.18 Å². The van der Waals surface area contributed by atoms with Gasteiger partial charge in [-0.1, -0.05) is 83.5 Å². The number of rotatable bonds is 11. The van der Waals surface area contributed by atoms with Crippen molar-refractivity contribution < 1.29 is 37.5 Å². The van der Waals surface area contributed by atoms with E-state index in [1.54, 1.807) is 24.3 Å². The Morgan fingerprint density at radius 2 is 1.31 bits per heavy atom. The van der Waals surface area contributed by atoms with Crippen LogP contribution < -0.4 is 5.32 Å². The highest BCUT2D eigenvalue weighted by molar-refractivity contribution is 5.96. The molecule has 52 heavy (non-hydrogen) atoms. The fourth-order valence-electron chi connectivity index (χ4n) is 5.49. The lowest BCUT2D eigenvalue weighted by Crippen LogP contribution is -2.37. The maximum atomic E-state index is 13.4. The minimum atomic E-state index is -4.46. The first-order valence-corrected chi connectivity index (χ1v) is 16.2. The standard InChI is InChI=1S/C40H33F3N4O5/c1-25-2-8-28(9-3-25)29-12-14-31(15-13-29)38-45-37(46-52-38)30-10-4-27(5-11-30)23-47(24-36(49)50)39(51)32-16-20-34(21-17-32)44-35(48)22-26-6-18-33(19-7-26)40(41,42)43/h2-21,36,49-50H,22-24H2,1H3,(H,44,48). The van der Waals surface area contributed by atoms with Crippen LogP contribution in [0.3, 0.4) is 0 Å². The average molecular weight is 707 g/mol. The molecule has 0 fully saturated rings. The van der Waals surface area contributed by atoms with Crippen molar-refractivity contribution in [2.75, 3.05) is 11.9 Å². The van der Waals surface area contributed by atoms with Gasteiger partial charge in [0.1, 0.15) is 0 Å². The van der Waals surface area contributed by atoms with Crippen molar-refractivity contribution in [1.29, 1.82) is 0 Å². The molecule has 2 amide bonds. The van der Waals surface area contributed by atoms with Gasteiger partial charge in [-0.2, -0.15) is 18.2 Å². The lowest BCUT2D eigenvalue weighted by atomic mass is 10.0. The van der Waals surface area contributed by atoms with Crippen molar-refractivity contribution in [3.05, 3.63) is 149 Å². The van der Waals surface area contributed by atoms with E-state index in [0.29, 0.717) is 34.1 Å². The van der Waals surface area contributed by atoms with E-state index in [0.717, 1.165) is 28.8 Å². The topological polar surface area (TPSA) is 129 Å². The zero-order chi connectivity index (χ0) is 36.8. The normalized spacial score (nSPS) is 11.4. The van der Waals surface area contributed by atoms with Crippen LogP contribution in [0.2, 0.25) is 0 Å². The summed E-state index contributed by atoms with van der Waals surface area (Å²) in [6.45, 7) is 1.75. The number of carbonyl (C=O) groups is 2. The lowest BCUT2D eigenvalue weighted by Gasteiger charge is -2.24. The number of alkyl halides is 3. The summed E-state index contributed by atoms with van der Waals surface area (Å²) in [5.41, 5.74) is 5.76. The molecule has 0 aliphatic carbocycles. The van der Waals surface area contributed by atoms with Crippen molar-refractivity contribution in [2.24, 2.45) is 0 Å². The Balaban J connectivity index is 1.07. The van der Waals surface area contributed by atoms with E-state index in [4.69, 9.17) is 4.52 Å². The van der Waals surface area contributed by atoms with Crippen LogP contribution in [0.25, 0.3) is 34.0 Å². The number of benzene rings is 5. The van der Waals surface area contributed by atoms with Gasteiger partial charge in [-0.05, 0) is 77.7 Å². The highest BCUT2D eigenvalue weighted by atomic mass is 19.4. The fourth-order valence-corrected chi connectivity index (χ4v) is 5.49. The van der Waals surface area contributed by atoms with E-state index < -0.39 is 29.8 Å². The first-order valence-electron chi connectivity index (χ1n) is 16.2. The van der Waals surface area contributed by atoms with Crippen LogP contribution in [0.1, 0.15) is 32.6 Å². The lowest BCUT2D eigenvalue weighted by molar-refractivity contribution is -0.137. The molecule has 0 radical (unpaired) electrons. The minimum Gasteiger partial charge on any atom is -0.367 e. The third-order valence-corrected chi connectivity index (χ3v) is 8.26. The van der Waals surface area contributed by atoms with Crippen LogP contribution >= 0.6 is 0 Å². The SMILES string of the molecule is Cc1ccc(-c2ccc(-c3nc(-c4ccc(CN(CC(O)O)C(=O)c5ccc(NC(=O)Cc6ccc(C(F)(F)F)cc6)cc5)cc4)no3)cc2)cc1. The summed E-state index contributed by atoms with van der Waals surface area (Å²) in [6, 6.07) is 33.6. The second-order valence-electron chi connectivity index (χ2n) is 12.2. The predicted molar refractivity (Wildman–Crippen MR) is 189 cm³/mol. The zero-order valence-electron chi connectivity index (χ0n) is 27.8. The maximum absolute atomic E-state index is 13.4. The van der Waals surface area contributed by atoms with E-state index in [-0.39, 0.29) is 25.1 Å². The monoisotopic (exact) mass is 706 g/mol. The number of hydrogen-bond acceptors (Lipinski definition) is 7. The smallest absolute Gasteiger partial charge is 0.367 e. The van der Waals surface area contributed by atoms with E-state index in [9.17, 15) is 33.0 Å². The molecule has 0 unspecified atom stereocenters. The molecule has 3 N–H and O–H groups in total. The fraction of sp³-hybridized carbons (Fsp3) is 0.150. The summed E-state index contributed by atoms with van der Waals surface area (Å²) in [5, 5.41) is 26.2. The van der Waals surface area contributed by atoms with Crippen LogP contribution in [0, 0.1) is 6.92 Å².